The minimum Gasteiger partial charge on any atom is -0.314 e. The lowest BCUT2D eigenvalue weighted by Gasteiger charge is -2.27. The highest BCUT2D eigenvalue weighted by molar-refractivity contribution is 9.10. The van der Waals surface area contributed by atoms with Crippen molar-refractivity contribution in [3.05, 3.63) is 34.1 Å². The third kappa shape index (κ3) is 3.03. The molecule has 1 aromatic rings. The maximum atomic E-state index is 13.3. The summed E-state index contributed by atoms with van der Waals surface area (Å²) in [6.07, 6.45) is 0.901. The number of halogens is 2. The third-order valence-corrected chi connectivity index (χ3v) is 3.83. The van der Waals surface area contributed by atoms with Crippen molar-refractivity contribution >= 4 is 15.9 Å². The number of hydrogen-bond donors (Lipinski definition) is 1. The van der Waals surface area contributed by atoms with Crippen molar-refractivity contribution in [3.8, 4) is 0 Å². The molecule has 2 rings (SSSR count). The summed E-state index contributed by atoms with van der Waals surface area (Å²) in [5, 5.41) is 3.32. The summed E-state index contributed by atoms with van der Waals surface area (Å²) in [6.45, 7) is 5.30. The van der Waals surface area contributed by atoms with Crippen molar-refractivity contribution in [2.24, 2.45) is 0 Å². The molecule has 1 heterocycles. The van der Waals surface area contributed by atoms with Gasteiger partial charge in [0.1, 0.15) is 5.82 Å². The number of piperazine rings is 1. The fourth-order valence-corrected chi connectivity index (χ4v) is 2.42. The topological polar surface area (TPSA) is 15.3 Å². The number of rotatable bonds is 3. The van der Waals surface area contributed by atoms with E-state index < -0.39 is 0 Å². The van der Waals surface area contributed by atoms with E-state index in [0.717, 1.165) is 44.7 Å². The Bertz CT molecular complexity index is 351. The first-order valence-corrected chi connectivity index (χ1v) is 6.42. The molecule has 0 bridgehead atoms. The largest absolute Gasteiger partial charge is 0.314 e. The highest BCUT2D eigenvalue weighted by Gasteiger charge is 2.11. The molecule has 1 aliphatic rings. The van der Waals surface area contributed by atoms with Crippen LogP contribution in [0.2, 0.25) is 0 Å². The van der Waals surface area contributed by atoms with Crippen LogP contribution in [0.5, 0.6) is 0 Å². The van der Waals surface area contributed by atoms with E-state index in [4.69, 9.17) is 0 Å². The summed E-state index contributed by atoms with van der Waals surface area (Å²) in [7, 11) is 0. The Morgan fingerprint density at radius 3 is 2.81 bits per heavy atom. The Hall–Kier alpha value is -0.450. The molecule has 1 saturated heterocycles. The molecule has 0 radical (unpaired) electrons. The van der Waals surface area contributed by atoms with E-state index in [2.05, 4.69) is 26.1 Å². The van der Waals surface area contributed by atoms with Gasteiger partial charge in [0.2, 0.25) is 0 Å². The Balaban J connectivity index is 1.91. The standard InChI is InChI=1S/C12H16BrFN2/c13-12-10(2-1-3-11(12)14)4-7-16-8-5-15-6-9-16/h1-3,15H,4-9H2. The van der Waals surface area contributed by atoms with E-state index in [1.54, 1.807) is 6.07 Å². The van der Waals surface area contributed by atoms with Gasteiger partial charge in [-0.3, -0.25) is 0 Å². The molecule has 16 heavy (non-hydrogen) atoms. The van der Waals surface area contributed by atoms with Crippen molar-refractivity contribution in [2.75, 3.05) is 32.7 Å². The predicted octanol–water partition coefficient (Wildman–Crippen LogP) is 2.04. The van der Waals surface area contributed by atoms with Crippen LogP contribution in [0.1, 0.15) is 5.56 Å². The first kappa shape index (κ1) is 12.0. The van der Waals surface area contributed by atoms with Gasteiger partial charge in [-0.15, -0.1) is 0 Å². The molecule has 1 aromatic carbocycles. The van der Waals surface area contributed by atoms with Gasteiger partial charge in [0.25, 0.3) is 0 Å². The van der Waals surface area contributed by atoms with Crippen molar-refractivity contribution < 1.29 is 4.39 Å². The number of nitrogens with zero attached hydrogens (tertiary/aromatic N) is 1. The van der Waals surface area contributed by atoms with Gasteiger partial charge in [-0.05, 0) is 34.0 Å². The molecule has 0 unspecified atom stereocenters. The maximum Gasteiger partial charge on any atom is 0.137 e. The second-order valence-electron chi connectivity index (χ2n) is 4.05. The van der Waals surface area contributed by atoms with Crippen LogP contribution in [0.15, 0.2) is 22.7 Å². The zero-order valence-corrected chi connectivity index (χ0v) is 10.8. The first-order valence-electron chi connectivity index (χ1n) is 5.63. The maximum absolute atomic E-state index is 13.3. The quantitative estimate of drug-likeness (QED) is 0.915. The second kappa shape index (κ2) is 5.75. The molecule has 0 atom stereocenters. The van der Waals surface area contributed by atoms with E-state index in [1.165, 1.54) is 6.07 Å². The molecule has 1 aliphatic heterocycles. The summed E-state index contributed by atoms with van der Waals surface area (Å²) < 4.78 is 13.9. The van der Waals surface area contributed by atoms with Gasteiger partial charge in [-0.25, -0.2) is 4.39 Å². The van der Waals surface area contributed by atoms with Gasteiger partial charge in [-0.2, -0.15) is 0 Å². The van der Waals surface area contributed by atoms with Gasteiger partial charge in [0.05, 0.1) is 4.47 Å². The lowest BCUT2D eigenvalue weighted by atomic mass is 10.1. The molecular weight excluding hydrogens is 271 g/mol. The van der Waals surface area contributed by atoms with Gasteiger partial charge >= 0.3 is 0 Å². The van der Waals surface area contributed by atoms with Crippen molar-refractivity contribution in [1.29, 1.82) is 0 Å². The summed E-state index contributed by atoms with van der Waals surface area (Å²) >= 11 is 3.30. The van der Waals surface area contributed by atoms with E-state index in [1.807, 2.05) is 6.07 Å². The summed E-state index contributed by atoms with van der Waals surface area (Å²) in [4.78, 5) is 2.41. The van der Waals surface area contributed by atoms with Crippen LogP contribution < -0.4 is 5.32 Å². The van der Waals surface area contributed by atoms with E-state index in [0.29, 0.717) is 4.47 Å². The van der Waals surface area contributed by atoms with E-state index in [9.17, 15) is 4.39 Å². The minimum absolute atomic E-state index is 0.169. The van der Waals surface area contributed by atoms with Gasteiger partial charge < -0.3 is 10.2 Å². The monoisotopic (exact) mass is 286 g/mol. The average molecular weight is 287 g/mol. The fourth-order valence-electron chi connectivity index (χ4n) is 1.95. The molecule has 1 N–H and O–H groups in total. The predicted molar refractivity (Wildman–Crippen MR) is 67.1 cm³/mol. The lowest BCUT2D eigenvalue weighted by molar-refractivity contribution is 0.243. The molecule has 0 aromatic heterocycles. The minimum atomic E-state index is -0.169. The molecule has 0 saturated carbocycles. The SMILES string of the molecule is Fc1cccc(CCN2CCNCC2)c1Br. The fraction of sp³-hybridized carbons (Fsp3) is 0.500. The Labute approximate surface area is 104 Å². The second-order valence-corrected chi connectivity index (χ2v) is 4.85. The molecule has 0 spiro atoms. The summed E-state index contributed by atoms with van der Waals surface area (Å²) in [5.74, 6) is -0.169. The average Bonchev–Trinajstić information content (AvgIpc) is 2.32. The molecule has 0 amide bonds. The summed E-state index contributed by atoms with van der Waals surface area (Å²) in [5.41, 5.74) is 1.05. The van der Waals surface area contributed by atoms with E-state index in [-0.39, 0.29) is 5.82 Å². The van der Waals surface area contributed by atoms with E-state index >= 15 is 0 Å². The van der Waals surface area contributed by atoms with Crippen molar-refractivity contribution in [3.63, 3.8) is 0 Å². The molecule has 4 heteroatoms. The lowest BCUT2D eigenvalue weighted by Crippen LogP contribution is -2.44. The Kier molecular flexibility index (Phi) is 4.32. The highest BCUT2D eigenvalue weighted by atomic mass is 79.9. The first-order chi connectivity index (χ1) is 7.77. The molecule has 1 fully saturated rings. The number of benzene rings is 1. The van der Waals surface area contributed by atoms with Crippen LogP contribution >= 0.6 is 15.9 Å². The zero-order valence-electron chi connectivity index (χ0n) is 9.18. The van der Waals surface area contributed by atoms with Crippen LogP contribution in [0.4, 0.5) is 4.39 Å². The normalized spacial score (nSPS) is 17.6. The van der Waals surface area contributed by atoms with Crippen LogP contribution in [0, 0.1) is 5.82 Å². The molecule has 2 nitrogen and oxygen atoms in total. The smallest absolute Gasteiger partial charge is 0.137 e. The number of hydrogen-bond acceptors (Lipinski definition) is 2. The highest BCUT2D eigenvalue weighted by Crippen LogP contribution is 2.20. The third-order valence-electron chi connectivity index (χ3n) is 2.94. The molecule has 88 valence electrons. The summed E-state index contributed by atoms with van der Waals surface area (Å²) in [6, 6.07) is 5.24. The molecule has 0 aliphatic carbocycles. The van der Waals surface area contributed by atoms with Crippen LogP contribution in [-0.4, -0.2) is 37.6 Å². The Morgan fingerprint density at radius 1 is 1.31 bits per heavy atom. The Morgan fingerprint density at radius 2 is 2.06 bits per heavy atom. The van der Waals surface area contributed by atoms with Crippen LogP contribution in [-0.2, 0) is 6.42 Å². The van der Waals surface area contributed by atoms with Gasteiger partial charge in [-0.1, -0.05) is 12.1 Å². The van der Waals surface area contributed by atoms with Crippen molar-refractivity contribution in [2.45, 2.75) is 6.42 Å². The van der Waals surface area contributed by atoms with Crippen molar-refractivity contribution in [1.82, 2.24) is 10.2 Å². The number of nitrogens with one attached hydrogen (secondary N) is 1. The van der Waals surface area contributed by atoms with Crippen LogP contribution in [0.25, 0.3) is 0 Å². The van der Waals surface area contributed by atoms with Crippen LogP contribution in [0.3, 0.4) is 0 Å². The van der Waals surface area contributed by atoms with Gasteiger partial charge in [0.15, 0.2) is 0 Å². The van der Waals surface area contributed by atoms with Gasteiger partial charge in [0, 0.05) is 32.7 Å². The zero-order chi connectivity index (χ0) is 11.4. The molecular formula is C12H16BrFN2.